The third-order valence-electron chi connectivity index (χ3n) is 3.20. The van der Waals surface area contributed by atoms with Crippen molar-refractivity contribution >= 4 is 6.09 Å². The third kappa shape index (κ3) is 3.21. The first-order valence-electron chi connectivity index (χ1n) is 5.97. The highest BCUT2D eigenvalue weighted by Gasteiger charge is 2.33. The molecule has 1 fully saturated rings. The van der Waals surface area contributed by atoms with Crippen molar-refractivity contribution in [2.75, 3.05) is 20.2 Å². The highest BCUT2D eigenvalue weighted by molar-refractivity contribution is 5.65. The standard InChI is InChI=1S/C13H18N2O3/c1-18-12-9-15(8-11(12)14-13(16)17)7-10-5-3-2-4-6-10/h2-6,11-12,14H,7-9H2,1H3,(H,16,17)/t11-,12+/m0/s1. The van der Waals surface area contributed by atoms with Gasteiger partial charge in [-0.1, -0.05) is 30.3 Å². The van der Waals surface area contributed by atoms with Gasteiger partial charge in [0.05, 0.1) is 12.1 Å². The number of amides is 1. The van der Waals surface area contributed by atoms with Gasteiger partial charge in [-0.05, 0) is 5.56 Å². The van der Waals surface area contributed by atoms with Crippen molar-refractivity contribution in [3.63, 3.8) is 0 Å². The molecule has 18 heavy (non-hydrogen) atoms. The SMILES string of the molecule is CO[C@@H]1CN(Cc2ccccc2)C[C@@H]1NC(=O)O. The molecule has 98 valence electrons. The summed E-state index contributed by atoms with van der Waals surface area (Å²) in [5.41, 5.74) is 1.23. The van der Waals surface area contributed by atoms with Gasteiger partial charge in [0.15, 0.2) is 0 Å². The van der Waals surface area contributed by atoms with E-state index in [0.29, 0.717) is 6.54 Å². The first-order chi connectivity index (χ1) is 8.69. The number of carbonyl (C=O) groups is 1. The number of rotatable bonds is 4. The minimum absolute atomic E-state index is 0.0789. The van der Waals surface area contributed by atoms with Crippen molar-refractivity contribution in [3.05, 3.63) is 35.9 Å². The molecule has 1 aromatic carbocycles. The van der Waals surface area contributed by atoms with E-state index < -0.39 is 6.09 Å². The number of hydrogen-bond acceptors (Lipinski definition) is 3. The van der Waals surface area contributed by atoms with Crippen LogP contribution in [0.25, 0.3) is 0 Å². The molecule has 1 aliphatic rings. The Morgan fingerprint density at radius 2 is 2.17 bits per heavy atom. The van der Waals surface area contributed by atoms with Gasteiger partial charge in [0.2, 0.25) is 0 Å². The second-order valence-corrected chi connectivity index (χ2v) is 4.51. The topological polar surface area (TPSA) is 61.8 Å². The van der Waals surface area contributed by atoms with E-state index in [1.807, 2.05) is 18.2 Å². The van der Waals surface area contributed by atoms with Crippen LogP contribution in [0.3, 0.4) is 0 Å². The van der Waals surface area contributed by atoms with E-state index in [1.165, 1.54) is 5.56 Å². The Bertz CT molecular complexity index is 396. The summed E-state index contributed by atoms with van der Waals surface area (Å²) in [4.78, 5) is 12.9. The van der Waals surface area contributed by atoms with Crippen molar-refractivity contribution < 1.29 is 14.6 Å². The molecule has 0 aromatic heterocycles. The first-order valence-corrected chi connectivity index (χ1v) is 5.97. The minimum Gasteiger partial charge on any atom is -0.465 e. The lowest BCUT2D eigenvalue weighted by Crippen LogP contribution is -2.42. The average Bonchev–Trinajstić information content (AvgIpc) is 2.71. The Morgan fingerprint density at radius 1 is 1.44 bits per heavy atom. The number of ether oxygens (including phenoxy) is 1. The van der Waals surface area contributed by atoms with Gasteiger partial charge in [-0.3, -0.25) is 4.90 Å². The molecular weight excluding hydrogens is 232 g/mol. The predicted octanol–water partition coefficient (Wildman–Crippen LogP) is 1.15. The molecule has 1 aliphatic heterocycles. The molecule has 5 heteroatoms. The van der Waals surface area contributed by atoms with Crippen LogP contribution in [0.2, 0.25) is 0 Å². The Hall–Kier alpha value is -1.59. The molecule has 1 saturated heterocycles. The molecule has 0 saturated carbocycles. The van der Waals surface area contributed by atoms with Crippen LogP contribution in [-0.2, 0) is 11.3 Å². The molecule has 0 unspecified atom stereocenters. The largest absolute Gasteiger partial charge is 0.465 e. The van der Waals surface area contributed by atoms with Gasteiger partial charge >= 0.3 is 6.09 Å². The molecule has 0 radical (unpaired) electrons. The molecule has 2 rings (SSSR count). The number of carboxylic acid groups (broad SMARTS) is 1. The van der Waals surface area contributed by atoms with Crippen molar-refractivity contribution in [1.82, 2.24) is 10.2 Å². The van der Waals surface area contributed by atoms with E-state index in [0.717, 1.165) is 13.1 Å². The van der Waals surface area contributed by atoms with Gasteiger partial charge in [0.25, 0.3) is 0 Å². The van der Waals surface area contributed by atoms with Gasteiger partial charge in [0, 0.05) is 26.7 Å². The van der Waals surface area contributed by atoms with E-state index in [4.69, 9.17) is 9.84 Å². The van der Waals surface area contributed by atoms with E-state index in [-0.39, 0.29) is 12.1 Å². The summed E-state index contributed by atoms with van der Waals surface area (Å²) in [6.07, 6.45) is -1.08. The molecule has 0 aliphatic carbocycles. The van der Waals surface area contributed by atoms with E-state index in [2.05, 4.69) is 22.3 Å². The molecule has 0 spiro atoms. The minimum atomic E-state index is -0.997. The monoisotopic (exact) mass is 250 g/mol. The van der Waals surface area contributed by atoms with Crippen molar-refractivity contribution in [2.24, 2.45) is 0 Å². The van der Waals surface area contributed by atoms with Gasteiger partial charge in [-0.2, -0.15) is 0 Å². The fourth-order valence-electron chi connectivity index (χ4n) is 2.36. The van der Waals surface area contributed by atoms with E-state index in [9.17, 15) is 4.79 Å². The van der Waals surface area contributed by atoms with Gasteiger partial charge < -0.3 is 15.2 Å². The lowest BCUT2D eigenvalue weighted by Gasteiger charge is -2.16. The second-order valence-electron chi connectivity index (χ2n) is 4.51. The van der Waals surface area contributed by atoms with Crippen LogP contribution in [-0.4, -0.2) is 48.4 Å². The summed E-state index contributed by atoms with van der Waals surface area (Å²) < 4.78 is 5.33. The molecule has 0 bridgehead atoms. The lowest BCUT2D eigenvalue weighted by atomic mass is 10.2. The Labute approximate surface area is 106 Å². The Balaban J connectivity index is 1.94. The molecule has 2 N–H and O–H groups in total. The van der Waals surface area contributed by atoms with Gasteiger partial charge in [0.1, 0.15) is 0 Å². The zero-order valence-corrected chi connectivity index (χ0v) is 10.4. The lowest BCUT2D eigenvalue weighted by molar-refractivity contribution is 0.0879. The van der Waals surface area contributed by atoms with Crippen molar-refractivity contribution in [2.45, 2.75) is 18.7 Å². The Morgan fingerprint density at radius 3 is 2.78 bits per heavy atom. The normalized spacial score (nSPS) is 24.1. The maximum absolute atomic E-state index is 10.7. The number of methoxy groups -OCH3 is 1. The number of nitrogens with one attached hydrogen (secondary N) is 1. The summed E-state index contributed by atoms with van der Waals surface area (Å²) in [6, 6.07) is 9.98. The van der Waals surface area contributed by atoms with Crippen LogP contribution in [0.5, 0.6) is 0 Å². The van der Waals surface area contributed by atoms with Crippen LogP contribution in [0.4, 0.5) is 4.79 Å². The van der Waals surface area contributed by atoms with E-state index >= 15 is 0 Å². The summed E-state index contributed by atoms with van der Waals surface area (Å²) in [5, 5.41) is 11.3. The zero-order valence-electron chi connectivity index (χ0n) is 10.4. The quantitative estimate of drug-likeness (QED) is 0.841. The average molecular weight is 250 g/mol. The number of benzene rings is 1. The molecule has 5 nitrogen and oxygen atoms in total. The van der Waals surface area contributed by atoms with Gasteiger partial charge in [-0.25, -0.2) is 4.79 Å². The summed E-state index contributed by atoms with van der Waals surface area (Å²) in [6.45, 7) is 2.24. The maximum atomic E-state index is 10.7. The second kappa shape index (κ2) is 5.84. The van der Waals surface area contributed by atoms with Crippen LogP contribution >= 0.6 is 0 Å². The molecule has 1 aromatic rings. The molecule has 2 atom stereocenters. The number of hydrogen-bond donors (Lipinski definition) is 2. The summed E-state index contributed by atoms with van der Waals surface area (Å²) in [5.74, 6) is 0. The number of likely N-dealkylation sites (tertiary alicyclic amines) is 1. The summed E-state index contributed by atoms with van der Waals surface area (Å²) >= 11 is 0. The van der Waals surface area contributed by atoms with E-state index in [1.54, 1.807) is 7.11 Å². The third-order valence-corrected chi connectivity index (χ3v) is 3.20. The molecular formula is C13H18N2O3. The predicted molar refractivity (Wildman–Crippen MR) is 67.5 cm³/mol. The van der Waals surface area contributed by atoms with Crippen molar-refractivity contribution in [1.29, 1.82) is 0 Å². The smallest absolute Gasteiger partial charge is 0.405 e. The van der Waals surface area contributed by atoms with Gasteiger partial charge in [-0.15, -0.1) is 0 Å². The van der Waals surface area contributed by atoms with Crippen LogP contribution in [0.1, 0.15) is 5.56 Å². The summed E-state index contributed by atoms with van der Waals surface area (Å²) in [7, 11) is 1.62. The first kappa shape index (κ1) is 12.9. The molecule has 1 heterocycles. The zero-order chi connectivity index (χ0) is 13.0. The fraction of sp³-hybridized carbons (Fsp3) is 0.462. The highest BCUT2D eigenvalue weighted by Crippen LogP contribution is 2.16. The molecule has 1 amide bonds. The van der Waals surface area contributed by atoms with Crippen LogP contribution in [0.15, 0.2) is 30.3 Å². The van der Waals surface area contributed by atoms with Crippen LogP contribution < -0.4 is 5.32 Å². The Kier molecular flexibility index (Phi) is 4.17. The number of nitrogens with zero attached hydrogens (tertiary/aromatic N) is 1. The highest BCUT2D eigenvalue weighted by atomic mass is 16.5. The maximum Gasteiger partial charge on any atom is 0.405 e. The van der Waals surface area contributed by atoms with Crippen LogP contribution in [0, 0.1) is 0 Å². The van der Waals surface area contributed by atoms with Crippen molar-refractivity contribution in [3.8, 4) is 0 Å². The fourth-order valence-corrected chi connectivity index (χ4v) is 2.36.